The molecule has 17 heavy (non-hydrogen) atoms. The first-order valence-electron chi connectivity index (χ1n) is 6.97. The highest BCUT2D eigenvalue weighted by Gasteiger charge is 2.57. The highest BCUT2D eigenvalue weighted by Crippen LogP contribution is 2.62. The van der Waals surface area contributed by atoms with Crippen LogP contribution in [0.2, 0.25) is 0 Å². The van der Waals surface area contributed by atoms with E-state index in [0.29, 0.717) is 12.1 Å². The molecule has 4 bridgehead atoms. The summed E-state index contributed by atoms with van der Waals surface area (Å²) < 4.78 is 0. The van der Waals surface area contributed by atoms with E-state index in [9.17, 15) is 0 Å². The molecule has 0 amide bonds. The van der Waals surface area contributed by atoms with Crippen LogP contribution >= 0.6 is 0 Å². The first kappa shape index (κ1) is 8.93. The van der Waals surface area contributed by atoms with E-state index in [1.807, 2.05) is 0 Å². The van der Waals surface area contributed by atoms with Gasteiger partial charge in [-0.25, -0.2) is 0 Å². The highest BCUT2D eigenvalue weighted by atomic mass is 15.1. The lowest BCUT2D eigenvalue weighted by molar-refractivity contribution is 0.122. The van der Waals surface area contributed by atoms with Crippen LogP contribution in [0.4, 0.5) is 0 Å². The Kier molecular flexibility index (Phi) is 1.49. The molecule has 6 rings (SSSR count). The summed E-state index contributed by atoms with van der Waals surface area (Å²) in [4.78, 5) is 0. The van der Waals surface area contributed by atoms with E-state index in [0.717, 1.165) is 23.7 Å². The predicted octanol–water partition coefficient (Wildman–Crippen LogP) is 3.21. The summed E-state index contributed by atoms with van der Waals surface area (Å²) in [5.74, 6) is 3.47. The molecule has 1 aromatic carbocycles. The van der Waals surface area contributed by atoms with Crippen LogP contribution in [-0.2, 0) is 0 Å². The molecular weight excluding hydrogens is 206 g/mol. The average Bonchev–Trinajstić information content (AvgIpc) is 2.98. The van der Waals surface area contributed by atoms with Gasteiger partial charge in [0.2, 0.25) is 0 Å². The molecule has 0 aromatic heterocycles. The van der Waals surface area contributed by atoms with E-state index >= 15 is 0 Å². The van der Waals surface area contributed by atoms with E-state index in [1.54, 1.807) is 11.1 Å². The maximum absolute atomic E-state index is 3.90. The number of hydrogen-bond donors (Lipinski definition) is 1. The molecule has 1 saturated heterocycles. The van der Waals surface area contributed by atoms with Gasteiger partial charge in [0.25, 0.3) is 0 Å². The first-order chi connectivity index (χ1) is 8.43. The van der Waals surface area contributed by atoms with Crippen LogP contribution in [0, 0.1) is 23.7 Å². The highest BCUT2D eigenvalue weighted by molar-refractivity contribution is 5.43. The second-order valence-electron chi connectivity index (χ2n) is 6.20. The van der Waals surface area contributed by atoms with Crippen molar-refractivity contribution in [2.24, 2.45) is 23.7 Å². The third kappa shape index (κ3) is 0.924. The number of nitrogens with one attached hydrogen (secondary N) is 1. The van der Waals surface area contributed by atoms with Gasteiger partial charge in [0.15, 0.2) is 0 Å². The Labute approximate surface area is 102 Å². The molecule has 2 fully saturated rings. The van der Waals surface area contributed by atoms with Crippen molar-refractivity contribution < 1.29 is 0 Å². The number of rotatable bonds is 0. The van der Waals surface area contributed by atoms with Crippen LogP contribution in [0.15, 0.2) is 36.4 Å². The zero-order chi connectivity index (χ0) is 11.0. The summed E-state index contributed by atoms with van der Waals surface area (Å²) in [6.45, 7) is 0. The molecule has 86 valence electrons. The van der Waals surface area contributed by atoms with Crippen LogP contribution in [0.3, 0.4) is 0 Å². The molecule has 3 aliphatic carbocycles. The van der Waals surface area contributed by atoms with E-state index < -0.39 is 0 Å². The Balaban J connectivity index is 1.71. The monoisotopic (exact) mass is 223 g/mol. The summed E-state index contributed by atoms with van der Waals surface area (Å²) in [5, 5.41) is 3.90. The second kappa shape index (κ2) is 2.84. The smallest absolute Gasteiger partial charge is 0.0366 e. The van der Waals surface area contributed by atoms with E-state index in [-0.39, 0.29) is 0 Å². The first-order valence-corrected chi connectivity index (χ1v) is 6.97. The van der Waals surface area contributed by atoms with Gasteiger partial charge in [-0.15, -0.1) is 0 Å². The lowest BCUT2D eigenvalue weighted by atomic mass is 9.57. The molecule has 1 N–H and O–H groups in total. The van der Waals surface area contributed by atoms with Gasteiger partial charge in [-0.3, -0.25) is 0 Å². The molecule has 1 heteroatoms. The third-order valence-corrected chi connectivity index (χ3v) is 5.67. The maximum Gasteiger partial charge on any atom is 0.0366 e. The summed E-state index contributed by atoms with van der Waals surface area (Å²) in [6, 6.07) is 10.4. The van der Waals surface area contributed by atoms with Crippen molar-refractivity contribution >= 4 is 0 Å². The number of hydrogen-bond acceptors (Lipinski definition) is 1. The Hall–Kier alpha value is -1.08. The Morgan fingerprint density at radius 1 is 0.824 bits per heavy atom. The molecule has 1 aromatic rings. The van der Waals surface area contributed by atoms with Crippen molar-refractivity contribution in [3.63, 3.8) is 0 Å². The Morgan fingerprint density at radius 3 is 1.82 bits per heavy atom. The minimum atomic E-state index is 0.652. The van der Waals surface area contributed by atoms with Crippen molar-refractivity contribution in [1.82, 2.24) is 5.32 Å². The van der Waals surface area contributed by atoms with E-state index in [2.05, 4.69) is 41.7 Å². The summed E-state index contributed by atoms with van der Waals surface area (Å²) in [6.07, 6.45) is 7.88. The maximum atomic E-state index is 3.90. The summed E-state index contributed by atoms with van der Waals surface area (Å²) >= 11 is 0. The molecule has 6 atom stereocenters. The Morgan fingerprint density at radius 2 is 1.35 bits per heavy atom. The molecule has 2 aliphatic heterocycles. The quantitative estimate of drug-likeness (QED) is 0.666. The van der Waals surface area contributed by atoms with Crippen molar-refractivity contribution in [2.75, 3.05) is 0 Å². The zero-order valence-electron chi connectivity index (χ0n) is 9.84. The molecule has 1 saturated carbocycles. The van der Waals surface area contributed by atoms with E-state index in [1.165, 1.54) is 12.8 Å². The second-order valence-corrected chi connectivity index (χ2v) is 6.20. The van der Waals surface area contributed by atoms with Crippen LogP contribution in [0.25, 0.3) is 0 Å². The minimum absolute atomic E-state index is 0.652. The van der Waals surface area contributed by atoms with Gasteiger partial charge in [-0.2, -0.15) is 0 Å². The van der Waals surface area contributed by atoms with Crippen LogP contribution in [-0.4, -0.2) is 0 Å². The lowest BCUT2D eigenvalue weighted by Gasteiger charge is -2.46. The lowest BCUT2D eigenvalue weighted by Crippen LogP contribution is -2.39. The molecule has 2 heterocycles. The zero-order valence-corrected chi connectivity index (χ0v) is 9.84. The van der Waals surface area contributed by atoms with Gasteiger partial charge < -0.3 is 5.32 Å². The van der Waals surface area contributed by atoms with Gasteiger partial charge >= 0.3 is 0 Å². The number of benzene rings is 1. The molecule has 0 radical (unpaired) electrons. The fourth-order valence-electron chi connectivity index (χ4n) is 5.10. The van der Waals surface area contributed by atoms with Gasteiger partial charge in [0.1, 0.15) is 0 Å². The summed E-state index contributed by atoms with van der Waals surface area (Å²) in [7, 11) is 0. The van der Waals surface area contributed by atoms with Gasteiger partial charge in [-0.05, 0) is 47.6 Å². The van der Waals surface area contributed by atoms with Crippen molar-refractivity contribution in [3.05, 3.63) is 47.5 Å². The van der Waals surface area contributed by atoms with Gasteiger partial charge in [0.05, 0.1) is 0 Å². The SMILES string of the molecule is C1=C[C@H]2CC[C@@H]1[C@@H]1[C@H]2[C@@H]2N[C@H]1c1ccccc12. The molecule has 1 nitrogen and oxygen atoms in total. The minimum Gasteiger partial charge on any atom is -0.302 e. The topological polar surface area (TPSA) is 12.0 Å². The molecular formula is C16H17N. The molecule has 0 spiro atoms. The van der Waals surface area contributed by atoms with Crippen LogP contribution < -0.4 is 5.32 Å². The van der Waals surface area contributed by atoms with Crippen molar-refractivity contribution in [3.8, 4) is 0 Å². The Bertz CT molecular complexity index is 473. The van der Waals surface area contributed by atoms with Crippen molar-refractivity contribution in [2.45, 2.75) is 24.9 Å². The average molecular weight is 223 g/mol. The fourth-order valence-corrected chi connectivity index (χ4v) is 5.10. The predicted molar refractivity (Wildman–Crippen MR) is 67.4 cm³/mol. The standard InChI is InChI=1S/C16H17N/c1-2-4-12-11(3-1)15-13-9-5-7-10(8-6-9)14(13)16(12)17-15/h1-5,7,9-10,13-17H,6,8H2/t9-,10+,13-,14+,15+,16-. The van der Waals surface area contributed by atoms with Crippen LogP contribution in [0.5, 0.6) is 0 Å². The van der Waals surface area contributed by atoms with E-state index in [4.69, 9.17) is 0 Å². The van der Waals surface area contributed by atoms with Gasteiger partial charge in [0, 0.05) is 12.1 Å². The number of allylic oxidation sites excluding steroid dienone is 2. The summed E-state index contributed by atoms with van der Waals surface area (Å²) in [5.41, 5.74) is 3.19. The van der Waals surface area contributed by atoms with Gasteiger partial charge in [-0.1, -0.05) is 36.4 Å². The normalized spacial score (nSPS) is 48.2. The fraction of sp³-hybridized carbons (Fsp3) is 0.500. The van der Waals surface area contributed by atoms with Crippen molar-refractivity contribution in [1.29, 1.82) is 0 Å². The number of fused-ring (bicyclic) bond motifs is 6. The third-order valence-electron chi connectivity index (χ3n) is 5.67. The molecule has 5 aliphatic rings. The van der Waals surface area contributed by atoms with Crippen LogP contribution in [0.1, 0.15) is 36.1 Å². The molecule has 0 unspecified atom stereocenters. The largest absolute Gasteiger partial charge is 0.302 e.